The largest absolute Gasteiger partial charge is 0.325 e. The van der Waals surface area contributed by atoms with Crippen molar-refractivity contribution in [2.24, 2.45) is 0 Å². The van der Waals surface area contributed by atoms with Gasteiger partial charge in [-0.15, -0.1) is 0 Å². The van der Waals surface area contributed by atoms with Gasteiger partial charge in [0.05, 0.1) is 17.1 Å². The number of hydrogen-bond acceptors (Lipinski definition) is 4. The summed E-state index contributed by atoms with van der Waals surface area (Å²) in [6, 6.07) is 12.0. The van der Waals surface area contributed by atoms with Crippen LogP contribution in [-0.2, 0) is 9.59 Å². The molecule has 150 valence electrons. The van der Waals surface area contributed by atoms with Gasteiger partial charge in [-0.25, -0.2) is 5.01 Å². The number of para-hydroxylation sites is 1. The van der Waals surface area contributed by atoms with E-state index in [0.29, 0.717) is 21.3 Å². The quantitative estimate of drug-likeness (QED) is 0.683. The van der Waals surface area contributed by atoms with E-state index in [4.69, 9.17) is 35.4 Å². The van der Waals surface area contributed by atoms with Gasteiger partial charge in [0, 0.05) is 17.6 Å². The summed E-state index contributed by atoms with van der Waals surface area (Å²) in [6.07, 6.45) is -0.227. The van der Waals surface area contributed by atoms with Gasteiger partial charge in [0.1, 0.15) is 6.04 Å². The lowest BCUT2D eigenvalue weighted by Crippen LogP contribution is -2.49. The van der Waals surface area contributed by atoms with Gasteiger partial charge < -0.3 is 5.32 Å². The molecular formula is C19H16Cl2N4O3S. The Morgan fingerprint density at radius 2 is 1.76 bits per heavy atom. The van der Waals surface area contributed by atoms with Crippen LogP contribution in [0.5, 0.6) is 0 Å². The Labute approximate surface area is 182 Å². The van der Waals surface area contributed by atoms with Crippen LogP contribution >= 0.6 is 35.4 Å². The minimum Gasteiger partial charge on any atom is -0.325 e. The van der Waals surface area contributed by atoms with Gasteiger partial charge in [0.2, 0.25) is 5.91 Å². The number of likely N-dealkylation sites (N-methyl/N-ethyl adjacent to an activating group) is 1. The third-order valence-corrected chi connectivity index (χ3v) is 5.33. The molecule has 0 spiro atoms. The van der Waals surface area contributed by atoms with E-state index in [1.807, 2.05) is 0 Å². The summed E-state index contributed by atoms with van der Waals surface area (Å²) in [5.74, 6) is -1.33. The van der Waals surface area contributed by atoms with Crippen molar-refractivity contribution in [2.45, 2.75) is 12.5 Å². The molecular weight excluding hydrogens is 435 g/mol. The van der Waals surface area contributed by atoms with Gasteiger partial charge in [0.25, 0.3) is 11.8 Å². The van der Waals surface area contributed by atoms with Crippen LogP contribution in [0, 0.1) is 0 Å². The minimum atomic E-state index is -0.980. The van der Waals surface area contributed by atoms with Crippen LogP contribution in [-0.4, -0.2) is 45.8 Å². The Morgan fingerprint density at radius 3 is 2.41 bits per heavy atom. The first-order chi connectivity index (χ1) is 13.8. The molecule has 3 rings (SSSR count). The molecule has 29 heavy (non-hydrogen) atoms. The average Bonchev–Trinajstić information content (AvgIpc) is 2.88. The maximum atomic E-state index is 12.6. The maximum absolute atomic E-state index is 12.6. The summed E-state index contributed by atoms with van der Waals surface area (Å²) >= 11 is 17.1. The molecule has 1 atom stereocenters. The fraction of sp³-hybridized carbons (Fsp3) is 0.158. The maximum Gasteiger partial charge on any atom is 0.269 e. The molecule has 2 aromatic rings. The summed E-state index contributed by atoms with van der Waals surface area (Å²) in [4.78, 5) is 38.8. The first kappa shape index (κ1) is 21.0. The zero-order valence-electron chi connectivity index (χ0n) is 15.2. The molecule has 10 heteroatoms. The normalized spacial score (nSPS) is 16.2. The van der Waals surface area contributed by atoms with E-state index in [-0.39, 0.29) is 11.5 Å². The number of halogens is 2. The number of nitrogens with one attached hydrogen (secondary N) is 2. The van der Waals surface area contributed by atoms with Crippen LogP contribution in [0.15, 0.2) is 48.5 Å². The highest BCUT2D eigenvalue weighted by molar-refractivity contribution is 7.80. The third kappa shape index (κ3) is 4.67. The summed E-state index contributed by atoms with van der Waals surface area (Å²) < 4.78 is 0. The summed E-state index contributed by atoms with van der Waals surface area (Å²) in [5, 5.41) is 4.84. The molecule has 1 saturated heterocycles. The lowest BCUT2D eigenvalue weighted by molar-refractivity contribution is -0.130. The van der Waals surface area contributed by atoms with Crippen LogP contribution in [0.3, 0.4) is 0 Å². The Bertz CT molecular complexity index is 984. The number of carbonyl (C=O) groups excluding carboxylic acids is 3. The number of benzene rings is 2. The fourth-order valence-electron chi connectivity index (χ4n) is 2.74. The van der Waals surface area contributed by atoms with Crippen molar-refractivity contribution in [3.8, 4) is 0 Å². The molecule has 1 aliphatic heterocycles. The molecule has 0 bridgehead atoms. The van der Waals surface area contributed by atoms with Crippen LogP contribution < -0.4 is 10.7 Å². The molecule has 1 heterocycles. The van der Waals surface area contributed by atoms with Crippen molar-refractivity contribution in [3.63, 3.8) is 0 Å². The van der Waals surface area contributed by atoms with Crippen molar-refractivity contribution in [3.05, 3.63) is 64.1 Å². The second-order valence-corrected chi connectivity index (χ2v) is 7.45. The molecule has 2 N–H and O–H groups in total. The SMILES string of the molecule is CN1C(=O)[C@H](CC(=O)Nc2ccccc2Cl)N(NC(=O)c2ccc(Cl)cc2)C1=S. The second kappa shape index (κ2) is 8.77. The van der Waals surface area contributed by atoms with Crippen molar-refractivity contribution in [2.75, 3.05) is 12.4 Å². The van der Waals surface area contributed by atoms with Gasteiger partial charge in [-0.1, -0.05) is 35.3 Å². The van der Waals surface area contributed by atoms with Crippen molar-refractivity contribution in [1.82, 2.24) is 15.3 Å². The fourth-order valence-corrected chi connectivity index (χ4v) is 3.31. The summed E-state index contributed by atoms with van der Waals surface area (Å²) in [5.41, 5.74) is 3.36. The molecule has 2 aromatic carbocycles. The van der Waals surface area contributed by atoms with Gasteiger partial charge in [0.15, 0.2) is 5.11 Å². The Kier molecular flexibility index (Phi) is 6.36. The second-order valence-electron chi connectivity index (χ2n) is 6.25. The number of nitrogens with zero attached hydrogens (tertiary/aromatic N) is 2. The lowest BCUT2D eigenvalue weighted by atomic mass is 10.2. The number of carbonyl (C=O) groups is 3. The minimum absolute atomic E-state index is 0.0906. The predicted molar refractivity (Wildman–Crippen MR) is 115 cm³/mol. The van der Waals surface area contributed by atoms with E-state index in [9.17, 15) is 14.4 Å². The number of hydrazine groups is 1. The Morgan fingerprint density at radius 1 is 1.10 bits per heavy atom. The number of anilines is 1. The van der Waals surface area contributed by atoms with E-state index in [0.717, 1.165) is 0 Å². The molecule has 0 aliphatic carbocycles. The van der Waals surface area contributed by atoms with Gasteiger partial charge in [-0.2, -0.15) is 0 Å². The Balaban J connectivity index is 1.74. The zero-order valence-corrected chi connectivity index (χ0v) is 17.5. The number of hydrogen-bond donors (Lipinski definition) is 2. The van der Waals surface area contributed by atoms with E-state index < -0.39 is 23.8 Å². The van der Waals surface area contributed by atoms with Crippen LogP contribution in [0.2, 0.25) is 10.0 Å². The number of rotatable bonds is 5. The molecule has 0 radical (unpaired) electrons. The van der Waals surface area contributed by atoms with Gasteiger partial charge in [-0.3, -0.25) is 24.7 Å². The summed E-state index contributed by atoms with van der Waals surface area (Å²) in [7, 11) is 1.48. The topological polar surface area (TPSA) is 81.8 Å². The standard InChI is InChI=1S/C19H16Cl2N4O3S/c1-24-18(28)15(10-16(26)22-14-5-3-2-4-13(14)21)25(19(24)29)23-17(27)11-6-8-12(20)9-7-11/h2-9,15H,10H2,1H3,(H,22,26)(H,23,27)/t15-/m0/s1. The molecule has 0 aromatic heterocycles. The summed E-state index contributed by atoms with van der Waals surface area (Å²) in [6.45, 7) is 0. The molecule has 7 nitrogen and oxygen atoms in total. The van der Waals surface area contributed by atoms with Crippen LogP contribution in [0.4, 0.5) is 5.69 Å². The predicted octanol–water partition coefficient (Wildman–Crippen LogP) is 3.09. The van der Waals surface area contributed by atoms with Crippen LogP contribution in [0.1, 0.15) is 16.8 Å². The van der Waals surface area contributed by atoms with E-state index in [1.165, 1.54) is 17.0 Å². The molecule has 0 saturated carbocycles. The van der Waals surface area contributed by atoms with Crippen LogP contribution in [0.25, 0.3) is 0 Å². The number of amides is 3. The third-order valence-electron chi connectivity index (χ3n) is 4.28. The van der Waals surface area contributed by atoms with Gasteiger partial charge in [-0.05, 0) is 48.6 Å². The molecule has 1 fully saturated rings. The molecule has 0 unspecified atom stereocenters. The van der Waals surface area contributed by atoms with E-state index in [2.05, 4.69) is 10.7 Å². The van der Waals surface area contributed by atoms with E-state index in [1.54, 1.807) is 48.5 Å². The smallest absolute Gasteiger partial charge is 0.269 e. The monoisotopic (exact) mass is 450 g/mol. The highest BCUT2D eigenvalue weighted by Gasteiger charge is 2.42. The first-order valence-corrected chi connectivity index (χ1v) is 9.66. The van der Waals surface area contributed by atoms with Crippen molar-refractivity contribution < 1.29 is 14.4 Å². The first-order valence-electron chi connectivity index (χ1n) is 8.49. The molecule has 1 aliphatic rings. The molecule has 3 amide bonds. The average molecular weight is 451 g/mol. The number of thiocarbonyl (C=S) groups is 1. The van der Waals surface area contributed by atoms with Crippen molar-refractivity contribution >= 4 is 63.9 Å². The van der Waals surface area contributed by atoms with Gasteiger partial charge >= 0.3 is 0 Å². The van der Waals surface area contributed by atoms with Crippen molar-refractivity contribution in [1.29, 1.82) is 0 Å². The highest BCUT2D eigenvalue weighted by atomic mass is 35.5. The lowest BCUT2D eigenvalue weighted by Gasteiger charge is -2.24. The highest BCUT2D eigenvalue weighted by Crippen LogP contribution is 2.23. The van der Waals surface area contributed by atoms with E-state index >= 15 is 0 Å². The zero-order chi connectivity index (χ0) is 21.1. The Hall–Kier alpha value is -2.68.